The molecule has 1 aromatic heterocycles. The summed E-state index contributed by atoms with van der Waals surface area (Å²) in [5.41, 5.74) is 3.66. The van der Waals surface area contributed by atoms with Gasteiger partial charge < -0.3 is 0 Å². The fourth-order valence-electron chi connectivity index (χ4n) is 3.94. The van der Waals surface area contributed by atoms with Crippen molar-refractivity contribution in [1.82, 2.24) is 9.97 Å². The number of hydrogen-bond donors (Lipinski definition) is 0. The van der Waals surface area contributed by atoms with Gasteiger partial charge >= 0.3 is 0 Å². The molecule has 2 atom stereocenters. The van der Waals surface area contributed by atoms with Crippen molar-refractivity contribution in [3.8, 4) is 11.3 Å². The maximum atomic E-state index is 13.1. The number of rotatable bonds is 7. The largest absolute Gasteiger partial charge is 0.299 e. The molecule has 1 aliphatic carbocycles. The van der Waals surface area contributed by atoms with Gasteiger partial charge in [0.1, 0.15) is 17.9 Å². The van der Waals surface area contributed by atoms with Crippen LogP contribution in [0.2, 0.25) is 0 Å². The Bertz CT molecular complexity index is 1210. The van der Waals surface area contributed by atoms with E-state index in [9.17, 15) is 17.6 Å². The first-order chi connectivity index (χ1) is 14.8. The van der Waals surface area contributed by atoms with Crippen molar-refractivity contribution in [2.24, 2.45) is 5.92 Å². The van der Waals surface area contributed by atoms with E-state index >= 15 is 0 Å². The lowest BCUT2D eigenvalue weighted by molar-refractivity contribution is -0.124. The standard InChI is InChI=1S/C24H23FN2O3S/c1-16-3-2-4-17(13-16)22-14-19(26-15-27-22)7-11-23(28)21-10-12-24(21)31(29,30)20-8-5-18(25)6-9-20/h2-6,8-9,13-15,21,24H,7,10-12H2,1H3/t21-,24-/m0/s1. The number of sulfone groups is 1. The van der Waals surface area contributed by atoms with Crippen LogP contribution in [0, 0.1) is 18.7 Å². The average molecular weight is 439 g/mol. The third-order valence-corrected chi connectivity index (χ3v) is 8.12. The molecule has 4 rings (SSSR count). The minimum Gasteiger partial charge on any atom is -0.299 e. The molecule has 0 saturated heterocycles. The number of carbonyl (C=O) groups excluding carboxylic acids is 1. The molecule has 1 heterocycles. The number of hydrogen-bond acceptors (Lipinski definition) is 5. The van der Waals surface area contributed by atoms with E-state index in [4.69, 9.17) is 0 Å². The molecule has 1 saturated carbocycles. The van der Waals surface area contributed by atoms with Gasteiger partial charge in [-0.25, -0.2) is 22.8 Å². The predicted molar refractivity (Wildman–Crippen MR) is 116 cm³/mol. The SMILES string of the molecule is Cc1cccc(-c2cc(CCC(=O)[C@@H]3CC[C@@H]3S(=O)(=O)c3ccc(F)cc3)ncn2)c1. The molecule has 0 amide bonds. The minimum atomic E-state index is -3.66. The topological polar surface area (TPSA) is 77.0 Å². The maximum Gasteiger partial charge on any atom is 0.181 e. The number of halogens is 1. The van der Waals surface area contributed by atoms with Gasteiger partial charge in [-0.05, 0) is 62.6 Å². The summed E-state index contributed by atoms with van der Waals surface area (Å²) in [5.74, 6) is -1.08. The molecule has 31 heavy (non-hydrogen) atoms. The zero-order valence-electron chi connectivity index (χ0n) is 17.2. The zero-order chi connectivity index (χ0) is 22.0. The smallest absolute Gasteiger partial charge is 0.181 e. The molecule has 0 spiro atoms. The highest BCUT2D eigenvalue weighted by atomic mass is 32.2. The van der Waals surface area contributed by atoms with Gasteiger partial charge in [0.2, 0.25) is 0 Å². The zero-order valence-corrected chi connectivity index (χ0v) is 18.0. The summed E-state index contributed by atoms with van der Waals surface area (Å²) < 4.78 is 38.8. The molecule has 7 heteroatoms. The van der Waals surface area contributed by atoms with E-state index in [-0.39, 0.29) is 17.1 Å². The molecule has 0 bridgehead atoms. The van der Waals surface area contributed by atoms with E-state index in [2.05, 4.69) is 9.97 Å². The summed E-state index contributed by atoms with van der Waals surface area (Å²) in [6.45, 7) is 2.01. The first-order valence-electron chi connectivity index (χ1n) is 10.2. The van der Waals surface area contributed by atoms with E-state index in [0.29, 0.717) is 19.3 Å². The number of aromatic nitrogens is 2. The van der Waals surface area contributed by atoms with Crippen LogP contribution in [0.25, 0.3) is 11.3 Å². The summed E-state index contributed by atoms with van der Waals surface area (Å²) in [5, 5.41) is -0.737. The van der Waals surface area contributed by atoms with Crippen LogP contribution in [0.3, 0.4) is 0 Å². The maximum absolute atomic E-state index is 13.1. The molecule has 0 radical (unpaired) electrons. The van der Waals surface area contributed by atoms with Crippen LogP contribution >= 0.6 is 0 Å². The van der Waals surface area contributed by atoms with Gasteiger partial charge in [-0.1, -0.05) is 23.8 Å². The number of nitrogens with zero attached hydrogens (tertiary/aromatic N) is 2. The average Bonchev–Trinajstić information content (AvgIpc) is 2.72. The van der Waals surface area contributed by atoms with Crippen molar-refractivity contribution in [3.05, 3.63) is 78.0 Å². The van der Waals surface area contributed by atoms with Crippen molar-refractivity contribution in [3.63, 3.8) is 0 Å². The Labute approximate surface area is 181 Å². The Hall–Kier alpha value is -2.93. The molecule has 5 nitrogen and oxygen atoms in total. The van der Waals surface area contributed by atoms with E-state index in [1.165, 1.54) is 18.5 Å². The molecule has 160 valence electrons. The van der Waals surface area contributed by atoms with Crippen molar-refractivity contribution >= 4 is 15.6 Å². The quantitative estimate of drug-likeness (QED) is 0.513. The first-order valence-corrected chi connectivity index (χ1v) is 11.8. The molecule has 2 aromatic carbocycles. The molecule has 0 aliphatic heterocycles. The Morgan fingerprint density at radius 2 is 1.84 bits per heavy atom. The summed E-state index contributed by atoms with van der Waals surface area (Å²) >= 11 is 0. The van der Waals surface area contributed by atoms with E-state index in [1.54, 1.807) is 0 Å². The lowest BCUT2D eigenvalue weighted by Gasteiger charge is -2.34. The lowest BCUT2D eigenvalue weighted by Crippen LogP contribution is -2.43. The Morgan fingerprint density at radius 3 is 2.52 bits per heavy atom. The fraction of sp³-hybridized carbons (Fsp3) is 0.292. The van der Waals surface area contributed by atoms with Crippen molar-refractivity contribution in [2.45, 2.75) is 42.8 Å². The second-order valence-corrected chi connectivity index (χ2v) is 10.1. The van der Waals surface area contributed by atoms with Crippen LogP contribution in [0.15, 0.2) is 65.8 Å². The normalized spacial score (nSPS) is 18.4. The molecule has 1 aliphatic rings. The van der Waals surface area contributed by atoms with E-state index in [1.807, 2.05) is 37.3 Å². The van der Waals surface area contributed by atoms with Gasteiger partial charge in [0, 0.05) is 23.6 Å². The highest BCUT2D eigenvalue weighted by Gasteiger charge is 2.44. The molecule has 0 N–H and O–H groups in total. The summed E-state index contributed by atoms with van der Waals surface area (Å²) in [7, 11) is -3.66. The third-order valence-electron chi connectivity index (χ3n) is 5.83. The highest BCUT2D eigenvalue weighted by Crippen LogP contribution is 2.38. The second kappa shape index (κ2) is 8.67. The van der Waals surface area contributed by atoms with Crippen LogP contribution in [-0.2, 0) is 21.1 Å². The van der Waals surface area contributed by atoms with Gasteiger partial charge in [-0.3, -0.25) is 4.79 Å². The molecule has 0 unspecified atom stereocenters. The molecule has 3 aromatic rings. The number of carbonyl (C=O) groups is 1. The molecular formula is C24H23FN2O3S. The van der Waals surface area contributed by atoms with E-state index in [0.717, 1.165) is 34.6 Å². The van der Waals surface area contributed by atoms with Crippen LogP contribution in [-0.4, -0.2) is 29.4 Å². The van der Waals surface area contributed by atoms with Crippen molar-refractivity contribution < 1.29 is 17.6 Å². The number of Topliss-reactive ketones (excluding diaryl/α,β-unsaturated/α-hetero) is 1. The van der Waals surface area contributed by atoms with Crippen LogP contribution in [0.4, 0.5) is 4.39 Å². The Morgan fingerprint density at radius 1 is 1.06 bits per heavy atom. The molecule has 1 fully saturated rings. The van der Waals surface area contributed by atoms with Gasteiger partial charge in [0.25, 0.3) is 0 Å². The number of benzene rings is 2. The van der Waals surface area contributed by atoms with Crippen LogP contribution in [0.1, 0.15) is 30.5 Å². The monoisotopic (exact) mass is 438 g/mol. The number of ketones is 1. The van der Waals surface area contributed by atoms with Gasteiger partial charge in [0.05, 0.1) is 15.8 Å². The minimum absolute atomic E-state index is 0.0648. The molecular weight excluding hydrogens is 415 g/mol. The van der Waals surface area contributed by atoms with Gasteiger partial charge in [-0.15, -0.1) is 0 Å². The van der Waals surface area contributed by atoms with Crippen LogP contribution < -0.4 is 0 Å². The van der Waals surface area contributed by atoms with Gasteiger partial charge in [0.15, 0.2) is 9.84 Å². The van der Waals surface area contributed by atoms with E-state index < -0.39 is 26.8 Å². The highest BCUT2D eigenvalue weighted by molar-refractivity contribution is 7.92. The lowest BCUT2D eigenvalue weighted by atomic mass is 9.80. The summed E-state index contributed by atoms with van der Waals surface area (Å²) in [4.78, 5) is 21.4. The van der Waals surface area contributed by atoms with Crippen LogP contribution in [0.5, 0.6) is 0 Å². The van der Waals surface area contributed by atoms with Gasteiger partial charge in [-0.2, -0.15) is 0 Å². The fourth-order valence-corrected chi connectivity index (χ4v) is 5.97. The third kappa shape index (κ3) is 4.56. The Kier molecular flexibility index (Phi) is 5.96. The summed E-state index contributed by atoms with van der Waals surface area (Å²) in [6.07, 6.45) is 3.15. The van der Waals surface area contributed by atoms with Crippen molar-refractivity contribution in [1.29, 1.82) is 0 Å². The Balaban J connectivity index is 1.42. The number of aryl methyl sites for hydroxylation is 2. The van der Waals surface area contributed by atoms with Crippen molar-refractivity contribution in [2.75, 3.05) is 0 Å². The predicted octanol–water partition coefficient (Wildman–Crippen LogP) is 4.35. The second-order valence-electron chi connectivity index (χ2n) is 7.95. The first kappa shape index (κ1) is 21.3. The summed E-state index contributed by atoms with van der Waals surface area (Å²) in [6, 6.07) is 14.6.